The average molecular weight is 275 g/mol. The van der Waals surface area contributed by atoms with Gasteiger partial charge in [0.15, 0.2) is 0 Å². The van der Waals surface area contributed by atoms with Gasteiger partial charge in [-0.05, 0) is 24.1 Å². The molecule has 0 radical (unpaired) electrons. The fourth-order valence-electron chi connectivity index (χ4n) is 1.86. The van der Waals surface area contributed by atoms with Crippen LogP contribution < -0.4 is 11.1 Å². The molecular formula is C14H17N3OS. The number of hydrogen-bond donors (Lipinski definition) is 2. The van der Waals surface area contributed by atoms with E-state index in [0.29, 0.717) is 5.56 Å². The minimum Gasteiger partial charge on any atom is -0.366 e. The molecule has 2 aromatic heterocycles. The lowest BCUT2D eigenvalue weighted by molar-refractivity contribution is 0.100. The molecule has 0 bridgehead atoms. The molecule has 0 saturated heterocycles. The Morgan fingerprint density at radius 2 is 2.32 bits per heavy atom. The van der Waals surface area contributed by atoms with Crippen LogP contribution in [0.4, 0.5) is 0 Å². The predicted octanol–water partition coefficient (Wildman–Crippen LogP) is 2.09. The molecule has 0 aliphatic rings. The SMILES string of the molecule is CCc1cccnc1CNCc1cc(C(N)=O)cs1. The number of thiophene rings is 1. The molecule has 0 fully saturated rings. The lowest BCUT2D eigenvalue weighted by Gasteiger charge is -2.07. The first-order chi connectivity index (χ1) is 9.20. The van der Waals surface area contributed by atoms with Crippen LogP contribution in [0, 0.1) is 0 Å². The number of nitrogens with one attached hydrogen (secondary N) is 1. The molecule has 100 valence electrons. The van der Waals surface area contributed by atoms with Crippen LogP contribution in [0.1, 0.15) is 33.4 Å². The number of hydrogen-bond acceptors (Lipinski definition) is 4. The first-order valence-electron chi connectivity index (χ1n) is 6.21. The van der Waals surface area contributed by atoms with E-state index in [1.165, 1.54) is 16.9 Å². The molecule has 0 aliphatic heterocycles. The van der Waals surface area contributed by atoms with Crippen molar-refractivity contribution in [2.24, 2.45) is 5.73 Å². The molecule has 1 amide bonds. The Hall–Kier alpha value is -1.72. The van der Waals surface area contributed by atoms with Gasteiger partial charge in [-0.25, -0.2) is 0 Å². The van der Waals surface area contributed by atoms with Gasteiger partial charge in [-0.3, -0.25) is 9.78 Å². The second-order valence-corrected chi connectivity index (χ2v) is 5.23. The van der Waals surface area contributed by atoms with Crippen LogP contribution in [0.5, 0.6) is 0 Å². The average Bonchev–Trinajstić information content (AvgIpc) is 2.88. The van der Waals surface area contributed by atoms with Crippen LogP contribution in [-0.2, 0) is 19.5 Å². The number of carbonyl (C=O) groups is 1. The fraction of sp³-hybridized carbons (Fsp3) is 0.286. The van der Waals surface area contributed by atoms with Gasteiger partial charge < -0.3 is 11.1 Å². The topological polar surface area (TPSA) is 68.0 Å². The van der Waals surface area contributed by atoms with E-state index in [1.54, 1.807) is 5.38 Å². The molecule has 0 aliphatic carbocycles. The number of nitrogens with two attached hydrogens (primary N) is 1. The highest BCUT2D eigenvalue weighted by molar-refractivity contribution is 7.10. The molecule has 2 aromatic rings. The van der Waals surface area contributed by atoms with Crippen molar-refractivity contribution in [3.8, 4) is 0 Å². The maximum atomic E-state index is 11.0. The van der Waals surface area contributed by atoms with Gasteiger partial charge in [0.2, 0.25) is 5.91 Å². The van der Waals surface area contributed by atoms with E-state index in [2.05, 4.69) is 23.3 Å². The first kappa shape index (κ1) is 13.7. The zero-order valence-electron chi connectivity index (χ0n) is 10.8. The molecule has 2 heterocycles. The fourth-order valence-corrected chi connectivity index (χ4v) is 2.70. The number of rotatable bonds is 6. The minimum absolute atomic E-state index is 0.375. The summed E-state index contributed by atoms with van der Waals surface area (Å²) in [6, 6.07) is 5.89. The van der Waals surface area contributed by atoms with Crippen molar-refractivity contribution in [2.75, 3.05) is 0 Å². The molecule has 4 nitrogen and oxygen atoms in total. The van der Waals surface area contributed by atoms with Crippen molar-refractivity contribution in [1.29, 1.82) is 0 Å². The number of aryl methyl sites for hydroxylation is 1. The van der Waals surface area contributed by atoms with Crippen LogP contribution in [0.3, 0.4) is 0 Å². The monoisotopic (exact) mass is 275 g/mol. The van der Waals surface area contributed by atoms with E-state index in [4.69, 9.17) is 5.73 Å². The van der Waals surface area contributed by atoms with Gasteiger partial charge in [-0.1, -0.05) is 13.0 Å². The number of aromatic nitrogens is 1. The van der Waals surface area contributed by atoms with Crippen LogP contribution in [-0.4, -0.2) is 10.9 Å². The van der Waals surface area contributed by atoms with Gasteiger partial charge in [0.05, 0.1) is 11.3 Å². The molecular weight excluding hydrogens is 258 g/mol. The van der Waals surface area contributed by atoms with E-state index in [-0.39, 0.29) is 5.91 Å². The van der Waals surface area contributed by atoms with Crippen LogP contribution in [0.15, 0.2) is 29.8 Å². The number of primary amides is 1. The summed E-state index contributed by atoms with van der Waals surface area (Å²) in [6.07, 6.45) is 2.79. The lowest BCUT2D eigenvalue weighted by atomic mass is 10.1. The summed E-state index contributed by atoms with van der Waals surface area (Å²) >= 11 is 1.54. The summed E-state index contributed by atoms with van der Waals surface area (Å²) in [5.74, 6) is -0.375. The van der Waals surface area contributed by atoms with Gasteiger partial charge in [0, 0.05) is 29.5 Å². The van der Waals surface area contributed by atoms with Gasteiger partial charge >= 0.3 is 0 Å². The van der Waals surface area contributed by atoms with Crippen molar-refractivity contribution < 1.29 is 4.79 Å². The van der Waals surface area contributed by atoms with E-state index in [9.17, 15) is 4.79 Å². The summed E-state index contributed by atoms with van der Waals surface area (Å²) in [4.78, 5) is 16.5. The van der Waals surface area contributed by atoms with E-state index < -0.39 is 0 Å². The standard InChI is InChI=1S/C14H17N3OS/c1-2-10-4-3-5-17-13(10)8-16-7-12-6-11(9-19-12)14(15)18/h3-6,9,16H,2,7-8H2,1H3,(H2,15,18). The maximum Gasteiger partial charge on any atom is 0.249 e. The molecule has 0 unspecified atom stereocenters. The minimum atomic E-state index is -0.375. The summed E-state index contributed by atoms with van der Waals surface area (Å²) < 4.78 is 0. The summed E-state index contributed by atoms with van der Waals surface area (Å²) in [7, 11) is 0. The number of amides is 1. The zero-order chi connectivity index (χ0) is 13.7. The third-order valence-corrected chi connectivity index (χ3v) is 3.83. The Morgan fingerprint density at radius 1 is 1.47 bits per heavy atom. The Bertz CT molecular complexity index is 565. The summed E-state index contributed by atoms with van der Waals surface area (Å²) in [5, 5.41) is 5.13. The number of carbonyl (C=O) groups excluding carboxylic acids is 1. The van der Waals surface area contributed by atoms with Crippen LogP contribution in [0.2, 0.25) is 0 Å². The second-order valence-electron chi connectivity index (χ2n) is 4.23. The molecule has 0 atom stereocenters. The summed E-state index contributed by atoms with van der Waals surface area (Å²) in [5.41, 5.74) is 8.14. The van der Waals surface area contributed by atoms with Crippen molar-refractivity contribution in [1.82, 2.24) is 10.3 Å². The molecule has 5 heteroatoms. The largest absolute Gasteiger partial charge is 0.366 e. The highest BCUT2D eigenvalue weighted by Crippen LogP contribution is 2.14. The molecule has 0 aromatic carbocycles. The molecule has 19 heavy (non-hydrogen) atoms. The smallest absolute Gasteiger partial charge is 0.249 e. The van der Waals surface area contributed by atoms with Gasteiger partial charge in [-0.2, -0.15) is 0 Å². The van der Waals surface area contributed by atoms with E-state index >= 15 is 0 Å². The van der Waals surface area contributed by atoms with Crippen molar-refractivity contribution in [2.45, 2.75) is 26.4 Å². The van der Waals surface area contributed by atoms with Crippen molar-refractivity contribution in [3.05, 3.63) is 51.5 Å². The molecule has 0 saturated carbocycles. The van der Waals surface area contributed by atoms with Gasteiger partial charge in [0.25, 0.3) is 0 Å². The highest BCUT2D eigenvalue weighted by Gasteiger charge is 2.05. The number of pyridine rings is 1. The van der Waals surface area contributed by atoms with E-state index in [1.807, 2.05) is 18.3 Å². The third kappa shape index (κ3) is 3.62. The van der Waals surface area contributed by atoms with E-state index in [0.717, 1.165) is 30.1 Å². The van der Waals surface area contributed by atoms with Crippen LogP contribution >= 0.6 is 11.3 Å². The Kier molecular flexibility index (Phi) is 4.65. The van der Waals surface area contributed by atoms with Crippen molar-refractivity contribution >= 4 is 17.2 Å². The Labute approximate surface area is 116 Å². The Balaban J connectivity index is 1.90. The lowest BCUT2D eigenvalue weighted by Crippen LogP contribution is -2.14. The van der Waals surface area contributed by atoms with Gasteiger partial charge in [-0.15, -0.1) is 11.3 Å². The molecule has 3 N–H and O–H groups in total. The second kappa shape index (κ2) is 6.45. The Morgan fingerprint density at radius 3 is 3.00 bits per heavy atom. The normalized spacial score (nSPS) is 10.6. The van der Waals surface area contributed by atoms with Crippen LogP contribution in [0.25, 0.3) is 0 Å². The molecule has 2 rings (SSSR count). The predicted molar refractivity (Wildman–Crippen MR) is 77.0 cm³/mol. The quantitative estimate of drug-likeness (QED) is 0.848. The first-order valence-corrected chi connectivity index (χ1v) is 7.09. The summed E-state index contributed by atoms with van der Waals surface area (Å²) in [6.45, 7) is 3.57. The maximum absolute atomic E-state index is 11.0. The highest BCUT2D eigenvalue weighted by atomic mass is 32.1. The van der Waals surface area contributed by atoms with Crippen molar-refractivity contribution in [3.63, 3.8) is 0 Å². The zero-order valence-corrected chi connectivity index (χ0v) is 11.7. The number of nitrogens with zero attached hydrogens (tertiary/aromatic N) is 1. The third-order valence-electron chi connectivity index (χ3n) is 2.90. The molecule has 0 spiro atoms. The van der Waals surface area contributed by atoms with Gasteiger partial charge in [0.1, 0.15) is 0 Å².